The smallest absolute Gasteiger partial charge is 0.252 e. The van der Waals surface area contributed by atoms with Crippen LogP contribution in [0.1, 0.15) is 65.9 Å². The Morgan fingerprint density at radius 3 is 2.11 bits per heavy atom. The third-order valence-electron chi connectivity index (χ3n) is 9.08. The third-order valence-corrected chi connectivity index (χ3v) is 10.2. The van der Waals surface area contributed by atoms with Crippen molar-refractivity contribution in [3.63, 3.8) is 0 Å². The van der Waals surface area contributed by atoms with Crippen LogP contribution >= 0.6 is 11.8 Å². The summed E-state index contributed by atoms with van der Waals surface area (Å²) >= 11 is 1.67. The number of unbranched alkanes of at least 4 members (excludes halogenated alkanes) is 2. The van der Waals surface area contributed by atoms with Crippen molar-refractivity contribution < 1.29 is 4.79 Å². The largest absolute Gasteiger partial charge is 0.352 e. The number of likely N-dealkylation sites (tertiary alicyclic amines) is 1. The van der Waals surface area contributed by atoms with Crippen molar-refractivity contribution in [1.29, 1.82) is 0 Å². The van der Waals surface area contributed by atoms with Crippen LogP contribution in [0.5, 0.6) is 0 Å². The molecule has 1 amide bonds. The van der Waals surface area contributed by atoms with Gasteiger partial charge in [0, 0.05) is 35.3 Å². The van der Waals surface area contributed by atoms with E-state index in [9.17, 15) is 4.79 Å². The van der Waals surface area contributed by atoms with Gasteiger partial charge >= 0.3 is 0 Å². The molecular formula is C41H44N2OS. The predicted molar refractivity (Wildman–Crippen MR) is 189 cm³/mol. The Morgan fingerprint density at radius 2 is 1.33 bits per heavy atom. The van der Waals surface area contributed by atoms with E-state index < -0.39 is 0 Å². The van der Waals surface area contributed by atoms with Crippen LogP contribution in [-0.4, -0.2) is 37.0 Å². The van der Waals surface area contributed by atoms with Crippen LogP contribution in [-0.2, 0) is 0 Å². The molecule has 0 radical (unpaired) electrons. The minimum atomic E-state index is 0.0231. The van der Waals surface area contributed by atoms with Crippen molar-refractivity contribution in [2.24, 2.45) is 5.92 Å². The summed E-state index contributed by atoms with van der Waals surface area (Å²) in [7, 11) is 0. The van der Waals surface area contributed by atoms with Gasteiger partial charge in [-0.2, -0.15) is 0 Å². The van der Waals surface area contributed by atoms with E-state index in [2.05, 4.69) is 119 Å². The van der Waals surface area contributed by atoms with Gasteiger partial charge in [-0.25, -0.2) is 0 Å². The zero-order chi connectivity index (χ0) is 30.7. The van der Waals surface area contributed by atoms with E-state index in [-0.39, 0.29) is 5.91 Å². The molecule has 45 heavy (non-hydrogen) atoms. The van der Waals surface area contributed by atoms with Crippen molar-refractivity contribution in [2.75, 3.05) is 26.2 Å². The number of nitrogens with zero attached hydrogens (tertiary/aromatic N) is 1. The standard InChI is InChI=1S/C41H44N2OS/c44-41(38-25-9-10-26-40(38)45-39-27-15-22-35-21-7-8-24-37(35)39)42-28-13-11-16-32-30-43(31-32)29-14-12-23-36(33-17-3-1-4-18-33)34-19-5-2-6-20-34/h1-10,15,17-22,24-27,32,36H,11-14,16,23,28-31H2,(H,42,44). The van der Waals surface area contributed by atoms with E-state index in [1.807, 2.05) is 18.2 Å². The predicted octanol–water partition coefficient (Wildman–Crippen LogP) is 9.83. The molecule has 0 aliphatic carbocycles. The Balaban J connectivity index is 0.874. The van der Waals surface area contributed by atoms with Crippen LogP contribution in [0.15, 0.2) is 137 Å². The summed E-state index contributed by atoms with van der Waals surface area (Å²) in [6, 6.07) is 44.7. The Kier molecular flexibility index (Phi) is 11.0. The summed E-state index contributed by atoms with van der Waals surface area (Å²) in [5.74, 6) is 1.31. The van der Waals surface area contributed by atoms with Crippen LogP contribution in [0.25, 0.3) is 10.8 Å². The molecule has 0 spiro atoms. The quantitative estimate of drug-likeness (QED) is 0.119. The molecule has 0 unspecified atom stereocenters. The molecule has 4 heteroatoms. The lowest BCUT2D eigenvalue weighted by atomic mass is 9.87. The van der Waals surface area contributed by atoms with Crippen LogP contribution in [0.3, 0.4) is 0 Å². The Morgan fingerprint density at radius 1 is 0.689 bits per heavy atom. The van der Waals surface area contributed by atoms with Crippen molar-refractivity contribution in [2.45, 2.75) is 54.2 Å². The van der Waals surface area contributed by atoms with Gasteiger partial charge in [0.1, 0.15) is 0 Å². The fourth-order valence-electron chi connectivity index (χ4n) is 6.62. The highest BCUT2D eigenvalue weighted by molar-refractivity contribution is 7.99. The Hall–Kier alpha value is -3.86. The average molecular weight is 613 g/mol. The van der Waals surface area contributed by atoms with Crippen LogP contribution < -0.4 is 5.32 Å². The maximum absolute atomic E-state index is 13.1. The summed E-state index contributed by atoms with van der Waals surface area (Å²) in [4.78, 5) is 17.9. The summed E-state index contributed by atoms with van der Waals surface area (Å²) < 4.78 is 0. The summed E-state index contributed by atoms with van der Waals surface area (Å²) in [5.41, 5.74) is 3.60. The molecule has 0 atom stereocenters. The number of carbonyl (C=O) groups excluding carboxylic acids is 1. The molecule has 0 bridgehead atoms. The number of amides is 1. The molecule has 1 saturated heterocycles. The van der Waals surface area contributed by atoms with Gasteiger partial charge in [-0.3, -0.25) is 4.79 Å². The molecule has 0 saturated carbocycles. The number of hydrogen-bond acceptors (Lipinski definition) is 3. The fourth-order valence-corrected chi connectivity index (χ4v) is 7.72. The van der Waals surface area contributed by atoms with Crippen molar-refractivity contribution in [3.8, 4) is 0 Å². The Bertz CT molecular complexity index is 1600. The lowest BCUT2D eigenvalue weighted by Gasteiger charge is -2.39. The topological polar surface area (TPSA) is 32.3 Å². The van der Waals surface area contributed by atoms with E-state index in [4.69, 9.17) is 0 Å². The number of hydrogen-bond donors (Lipinski definition) is 1. The number of nitrogens with one attached hydrogen (secondary N) is 1. The summed E-state index contributed by atoms with van der Waals surface area (Å²) in [5, 5.41) is 5.62. The zero-order valence-electron chi connectivity index (χ0n) is 26.1. The van der Waals surface area contributed by atoms with Crippen molar-refractivity contribution >= 4 is 28.4 Å². The lowest BCUT2D eigenvalue weighted by Crippen LogP contribution is -2.46. The number of carbonyl (C=O) groups is 1. The van der Waals surface area contributed by atoms with Gasteiger partial charge in [0.2, 0.25) is 0 Å². The van der Waals surface area contributed by atoms with Gasteiger partial charge in [0.25, 0.3) is 5.91 Å². The first-order valence-corrected chi connectivity index (χ1v) is 17.4. The van der Waals surface area contributed by atoms with E-state index >= 15 is 0 Å². The molecule has 5 aromatic rings. The van der Waals surface area contributed by atoms with Gasteiger partial charge in [-0.1, -0.05) is 134 Å². The Labute approximate surface area is 273 Å². The second-order valence-corrected chi connectivity index (χ2v) is 13.4. The molecule has 1 N–H and O–H groups in total. The molecule has 230 valence electrons. The molecule has 3 nitrogen and oxygen atoms in total. The fraction of sp³-hybridized carbons (Fsp3) is 0.293. The molecule has 1 aliphatic rings. The molecule has 1 aliphatic heterocycles. The average Bonchev–Trinajstić information content (AvgIpc) is 3.07. The highest BCUT2D eigenvalue weighted by atomic mass is 32.2. The normalized spacial score (nSPS) is 13.6. The maximum Gasteiger partial charge on any atom is 0.252 e. The lowest BCUT2D eigenvalue weighted by molar-refractivity contribution is 0.0895. The minimum absolute atomic E-state index is 0.0231. The first-order valence-electron chi connectivity index (χ1n) is 16.6. The van der Waals surface area contributed by atoms with Crippen LogP contribution in [0, 0.1) is 5.92 Å². The van der Waals surface area contributed by atoms with Gasteiger partial charge in [0.15, 0.2) is 0 Å². The van der Waals surface area contributed by atoms with Crippen molar-refractivity contribution in [1.82, 2.24) is 10.2 Å². The van der Waals surface area contributed by atoms with Gasteiger partial charge in [0.05, 0.1) is 5.56 Å². The highest BCUT2D eigenvalue weighted by Crippen LogP contribution is 2.35. The zero-order valence-corrected chi connectivity index (χ0v) is 26.9. The molecule has 0 aromatic heterocycles. The van der Waals surface area contributed by atoms with Crippen LogP contribution in [0.2, 0.25) is 0 Å². The highest BCUT2D eigenvalue weighted by Gasteiger charge is 2.25. The van der Waals surface area contributed by atoms with E-state index in [1.165, 1.54) is 78.5 Å². The van der Waals surface area contributed by atoms with Gasteiger partial charge < -0.3 is 10.2 Å². The SMILES string of the molecule is O=C(NCCCCC1CN(CCCCC(c2ccccc2)c2ccccc2)C1)c1ccccc1Sc1cccc2ccccc12. The minimum Gasteiger partial charge on any atom is -0.352 e. The summed E-state index contributed by atoms with van der Waals surface area (Å²) in [6.07, 6.45) is 7.16. The molecule has 1 heterocycles. The number of rotatable bonds is 15. The maximum atomic E-state index is 13.1. The van der Waals surface area contributed by atoms with Gasteiger partial charge in [-0.05, 0) is 78.2 Å². The molecule has 6 rings (SSSR count). The molecule has 5 aromatic carbocycles. The van der Waals surface area contributed by atoms with Crippen molar-refractivity contribution in [3.05, 3.63) is 144 Å². The van der Waals surface area contributed by atoms with Crippen LogP contribution in [0.4, 0.5) is 0 Å². The van der Waals surface area contributed by atoms with E-state index in [0.29, 0.717) is 5.92 Å². The molecule has 1 fully saturated rings. The first kappa shape index (κ1) is 31.1. The summed E-state index contributed by atoms with van der Waals surface area (Å²) in [6.45, 7) is 4.39. The number of fused-ring (bicyclic) bond motifs is 1. The third kappa shape index (κ3) is 8.45. The molecular weight excluding hydrogens is 569 g/mol. The van der Waals surface area contributed by atoms with E-state index in [1.54, 1.807) is 11.8 Å². The van der Waals surface area contributed by atoms with E-state index in [0.717, 1.165) is 29.3 Å². The monoisotopic (exact) mass is 612 g/mol. The first-order chi connectivity index (χ1) is 22.2. The second kappa shape index (κ2) is 15.9. The van der Waals surface area contributed by atoms with Gasteiger partial charge in [-0.15, -0.1) is 0 Å². The number of benzene rings is 5. The second-order valence-electron chi connectivity index (χ2n) is 12.3.